The third-order valence-corrected chi connectivity index (χ3v) is 4.90. The summed E-state index contributed by atoms with van der Waals surface area (Å²) in [6, 6.07) is 0. The molecule has 0 aromatic rings. The highest BCUT2D eigenvalue weighted by molar-refractivity contribution is 4.93. The van der Waals surface area contributed by atoms with E-state index in [0.29, 0.717) is 6.10 Å². The lowest BCUT2D eigenvalue weighted by molar-refractivity contribution is -0.0240. The summed E-state index contributed by atoms with van der Waals surface area (Å²) < 4.78 is 12.1. The highest BCUT2D eigenvalue weighted by Crippen LogP contribution is 2.35. The van der Waals surface area contributed by atoms with Crippen molar-refractivity contribution in [1.82, 2.24) is 10.2 Å². The van der Waals surface area contributed by atoms with Gasteiger partial charge in [0.2, 0.25) is 0 Å². The van der Waals surface area contributed by atoms with Crippen LogP contribution in [-0.2, 0) is 9.47 Å². The van der Waals surface area contributed by atoms with E-state index >= 15 is 0 Å². The minimum Gasteiger partial charge on any atom is -0.374 e. The topological polar surface area (TPSA) is 33.7 Å². The molecular weight excluding hydrogens is 240 g/mol. The predicted molar refractivity (Wildman–Crippen MR) is 75.4 cm³/mol. The van der Waals surface area contributed by atoms with Crippen molar-refractivity contribution < 1.29 is 9.47 Å². The Bertz CT molecular complexity index is 273. The second-order valence-corrected chi connectivity index (χ2v) is 6.34. The van der Waals surface area contributed by atoms with Crippen LogP contribution in [0.2, 0.25) is 0 Å². The molecule has 0 amide bonds. The van der Waals surface area contributed by atoms with Crippen LogP contribution in [0, 0.1) is 0 Å². The lowest BCUT2D eigenvalue weighted by Crippen LogP contribution is -2.41. The number of likely N-dealkylation sites (tertiary alicyclic amines) is 1. The summed E-state index contributed by atoms with van der Waals surface area (Å²) in [5, 5.41) is 3.41. The van der Waals surface area contributed by atoms with Gasteiger partial charge in [0.05, 0.1) is 24.9 Å². The quantitative estimate of drug-likeness (QED) is 0.836. The summed E-state index contributed by atoms with van der Waals surface area (Å²) >= 11 is 0. The summed E-state index contributed by atoms with van der Waals surface area (Å²) in [5.74, 6) is 0. The van der Waals surface area contributed by atoms with Crippen LogP contribution in [0.15, 0.2) is 0 Å². The monoisotopic (exact) mass is 268 g/mol. The van der Waals surface area contributed by atoms with Gasteiger partial charge in [-0.25, -0.2) is 0 Å². The molecule has 0 radical (unpaired) electrons. The summed E-state index contributed by atoms with van der Waals surface area (Å²) in [4.78, 5) is 2.54. The SMILES string of the molecule is C1CCN(CCOC2COC3(CCNCC3)C2)CC1. The zero-order chi connectivity index (χ0) is 13.0. The van der Waals surface area contributed by atoms with Gasteiger partial charge in [0.1, 0.15) is 0 Å². The van der Waals surface area contributed by atoms with Gasteiger partial charge < -0.3 is 19.7 Å². The standard InChI is InChI=1S/C15H28N2O2/c1-2-8-17(9-3-1)10-11-18-14-12-15(19-13-14)4-6-16-7-5-15/h14,16H,1-13H2. The summed E-state index contributed by atoms with van der Waals surface area (Å²) in [7, 11) is 0. The second-order valence-electron chi connectivity index (χ2n) is 6.34. The van der Waals surface area contributed by atoms with Gasteiger partial charge in [0, 0.05) is 13.0 Å². The molecule has 110 valence electrons. The van der Waals surface area contributed by atoms with Gasteiger partial charge in [-0.15, -0.1) is 0 Å². The van der Waals surface area contributed by atoms with Crippen LogP contribution < -0.4 is 5.32 Å². The first-order valence-corrected chi connectivity index (χ1v) is 8.05. The second kappa shape index (κ2) is 6.53. The minimum absolute atomic E-state index is 0.140. The van der Waals surface area contributed by atoms with E-state index in [1.165, 1.54) is 32.4 Å². The molecule has 4 nitrogen and oxygen atoms in total. The van der Waals surface area contributed by atoms with Gasteiger partial charge in [-0.1, -0.05) is 6.42 Å². The maximum Gasteiger partial charge on any atom is 0.0836 e. The van der Waals surface area contributed by atoms with Crippen molar-refractivity contribution in [3.05, 3.63) is 0 Å². The fourth-order valence-electron chi connectivity index (χ4n) is 3.67. The smallest absolute Gasteiger partial charge is 0.0836 e. The molecule has 3 heterocycles. The molecule has 0 bridgehead atoms. The minimum atomic E-state index is 0.140. The molecule has 0 aliphatic carbocycles. The van der Waals surface area contributed by atoms with E-state index in [1.807, 2.05) is 0 Å². The summed E-state index contributed by atoms with van der Waals surface area (Å²) in [5.41, 5.74) is 0.140. The normalized spacial score (nSPS) is 31.9. The fourth-order valence-corrected chi connectivity index (χ4v) is 3.67. The molecule has 3 saturated heterocycles. The molecule has 0 saturated carbocycles. The molecule has 4 heteroatoms. The molecule has 1 unspecified atom stereocenters. The van der Waals surface area contributed by atoms with Crippen molar-refractivity contribution >= 4 is 0 Å². The summed E-state index contributed by atoms with van der Waals surface area (Å²) in [6.07, 6.45) is 7.88. The predicted octanol–water partition coefficient (Wildman–Crippen LogP) is 1.40. The molecule has 1 atom stereocenters. The Kier molecular flexibility index (Phi) is 4.74. The van der Waals surface area contributed by atoms with Crippen LogP contribution in [0.25, 0.3) is 0 Å². The van der Waals surface area contributed by atoms with Gasteiger partial charge in [0.25, 0.3) is 0 Å². The number of nitrogens with one attached hydrogen (secondary N) is 1. The number of nitrogens with zero attached hydrogens (tertiary/aromatic N) is 1. The average Bonchev–Trinajstić information content (AvgIpc) is 2.84. The molecule has 0 aromatic carbocycles. The van der Waals surface area contributed by atoms with E-state index in [4.69, 9.17) is 9.47 Å². The molecule has 1 spiro atoms. The van der Waals surface area contributed by atoms with Crippen molar-refractivity contribution in [2.45, 2.75) is 50.2 Å². The Hall–Kier alpha value is -0.160. The molecule has 1 N–H and O–H groups in total. The van der Waals surface area contributed by atoms with Gasteiger partial charge >= 0.3 is 0 Å². The van der Waals surface area contributed by atoms with E-state index < -0.39 is 0 Å². The highest BCUT2D eigenvalue weighted by Gasteiger charge is 2.41. The highest BCUT2D eigenvalue weighted by atomic mass is 16.6. The first-order chi connectivity index (χ1) is 9.36. The molecule has 19 heavy (non-hydrogen) atoms. The van der Waals surface area contributed by atoms with Gasteiger partial charge in [0.15, 0.2) is 0 Å². The van der Waals surface area contributed by atoms with Crippen LogP contribution in [0.1, 0.15) is 38.5 Å². The Morgan fingerprint density at radius 2 is 1.95 bits per heavy atom. The molecule has 3 aliphatic rings. The van der Waals surface area contributed by atoms with E-state index in [9.17, 15) is 0 Å². The Morgan fingerprint density at radius 1 is 1.16 bits per heavy atom. The van der Waals surface area contributed by atoms with Crippen LogP contribution in [0.3, 0.4) is 0 Å². The molecule has 0 aromatic heterocycles. The van der Waals surface area contributed by atoms with Crippen LogP contribution in [0.5, 0.6) is 0 Å². The zero-order valence-corrected chi connectivity index (χ0v) is 12.0. The Balaban J connectivity index is 1.35. The van der Waals surface area contributed by atoms with Gasteiger partial charge in [-0.05, 0) is 51.9 Å². The van der Waals surface area contributed by atoms with Crippen molar-refractivity contribution in [2.24, 2.45) is 0 Å². The van der Waals surface area contributed by atoms with Crippen LogP contribution >= 0.6 is 0 Å². The molecule has 3 fully saturated rings. The first kappa shape index (κ1) is 13.8. The van der Waals surface area contributed by atoms with E-state index in [2.05, 4.69) is 10.2 Å². The number of ether oxygens (including phenoxy) is 2. The van der Waals surface area contributed by atoms with Crippen LogP contribution in [0.4, 0.5) is 0 Å². The number of hydrogen-bond acceptors (Lipinski definition) is 4. The lowest BCUT2D eigenvalue weighted by atomic mass is 9.89. The fraction of sp³-hybridized carbons (Fsp3) is 1.00. The number of rotatable bonds is 4. The van der Waals surface area contributed by atoms with Crippen molar-refractivity contribution in [1.29, 1.82) is 0 Å². The van der Waals surface area contributed by atoms with E-state index in [1.54, 1.807) is 0 Å². The average molecular weight is 268 g/mol. The largest absolute Gasteiger partial charge is 0.374 e. The van der Waals surface area contributed by atoms with Crippen molar-refractivity contribution in [2.75, 3.05) is 45.9 Å². The van der Waals surface area contributed by atoms with Gasteiger partial charge in [-0.3, -0.25) is 0 Å². The van der Waals surface area contributed by atoms with Crippen molar-refractivity contribution in [3.8, 4) is 0 Å². The van der Waals surface area contributed by atoms with E-state index in [-0.39, 0.29) is 5.60 Å². The first-order valence-electron chi connectivity index (χ1n) is 8.05. The third kappa shape index (κ3) is 3.69. The molecule has 3 rings (SSSR count). The lowest BCUT2D eigenvalue weighted by Gasteiger charge is -2.32. The zero-order valence-electron chi connectivity index (χ0n) is 12.0. The van der Waals surface area contributed by atoms with Gasteiger partial charge in [-0.2, -0.15) is 0 Å². The Morgan fingerprint density at radius 3 is 2.74 bits per heavy atom. The van der Waals surface area contributed by atoms with Crippen molar-refractivity contribution in [3.63, 3.8) is 0 Å². The maximum atomic E-state index is 6.06. The summed E-state index contributed by atoms with van der Waals surface area (Å²) in [6.45, 7) is 7.51. The van der Waals surface area contributed by atoms with E-state index in [0.717, 1.165) is 52.1 Å². The molecule has 3 aliphatic heterocycles. The number of piperidine rings is 2. The molecular formula is C15H28N2O2. The Labute approximate surface area is 116 Å². The number of hydrogen-bond donors (Lipinski definition) is 1. The third-order valence-electron chi connectivity index (χ3n) is 4.90. The maximum absolute atomic E-state index is 6.06. The van der Waals surface area contributed by atoms with Crippen LogP contribution in [-0.4, -0.2) is 62.5 Å².